The Labute approximate surface area is 245 Å². The Morgan fingerprint density at radius 2 is 1.65 bits per heavy atom. The Kier molecular flexibility index (Phi) is 10.0. The van der Waals surface area contributed by atoms with E-state index in [-0.39, 0.29) is 23.4 Å². The Hall–Kier alpha value is -3.17. The lowest BCUT2D eigenvalue weighted by Gasteiger charge is -2.33. The number of amides is 2. The maximum absolute atomic E-state index is 14.0. The van der Waals surface area contributed by atoms with Gasteiger partial charge in [-0.2, -0.15) is 0 Å². The third-order valence-electron chi connectivity index (χ3n) is 7.26. The van der Waals surface area contributed by atoms with E-state index >= 15 is 0 Å². The number of sulfonamides is 1. The minimum absolute atomic E-state index is 0.0797. The van der Waals surface area contributed by atoms with E-state index in [2.05, 4.69) is 21.2 Å². The lowest BCUT2D eigenvalue weighted by atomic mass is 9.95. The summed E-state index contributed by atoms with van der Waals surface area (Å²) in [4.78, 5) is 29.0. The number of benzene rings is 3. The zero-order chi connectivity index (χ0) is 28.7. The molecule has 0 bridgehead atoms. The summed E-state index contributed by atoms with van der Waals surface area (Å²) in [5.74, 6) is -0.694. The second-order valence-corrected chi connectivity index (χ2v) is 13.1. The summed E-state index contributed by atoms with van der Waals surface area (Å²) in [6.45, 7) is 3.40. The van der Waals surface area contributed by atoms with Crippen molar-refractivity contribution >= 4 is 43.5 Å². The molecular formula is C31H36BrN3O4S. The Bertz CT molecular complexity index is 1430. The van der Waals surface area contributed by atoms with Crippen LogP contribution in [0, 0.1) is 6.92 Å². The van der Waals surface area contributed by atoms with Crippen LogP contribution in [0.25, 0.3) is 0 Å². The minimum atomic E-state index is -4.08. The van der Waals surface area contributed by atoms with Crippen LogP contribution < -0.4 is 9.62 Å². The predicted octanol–water partition coefficient (Wildman–Crippen LogP) is 5.82. The molecule has 3 aromatic rings. The molecule has 0 spiro atoms. The molecule has 0 heterocycles. The monoisotopic (exact) mass is 625 g/mol. The molecule has 1 atom stereocenters. The average molecular weight is 627 g/mol. The molecule has 2 amide bonds. The van der Waals surface area contributed by atoms with Crippen LogP contribution in [0.3, 0.4) is 0 Å². The van der Waals surface area contributed by atoms with E-state index in [4.69, 9.17) is 0 Å². The first-order valence-corrected chi connectivity index (χ1v) is 15.9. The number of anilines is 1. The Morgan fingerprint density at radius 1 is 0.950 bits per heavy atom. The molecule has 9 heteroatoms. The van der Waals surface area contributed by atoms with Crippen molar-refractivity contribution in [1.29, 1.82) is 0 Å². The number of carbonyl (C=O) groups excluding carboxylic acids is 2. The number of hydrogen-bond acceptors (Lipinski definition) is 4. The van der Waals surface area contributed by atoms with Crippen LogP contribution in [0.5, 0.6) is 0 Å². The van der Waals surface area contributed by atoms with Crippen LogP contribution in [0.1, 0.15) is 50.2 Å². The van der Waals surface area contributed by atoms with E-state index in [0.29, 0.717) is 10.2 Å². The van der Waals surface area contributed by atoms with E-state index in [1.165, 1.54) is 23.5 Å². The summed E-state index contributed by atoms with van der Waals surface area (Å²) in [6.07, 6.45) is 5.17. The number of carbonyl (C=O) groups is 2. The van der Waals surface area contributed by atoms with Crippen LogP contribution in [0.4, 0.5) is 5.69 Å². The molecular weight excluding hydrogens is 590 g/mol. The summed E-state index contributed by atoms with van der Waals surface area (Å²) in [5.41, 5.74) is 2.25. The van der Waals surface area contributed by atoms with E-state index in [9.17, 15) is 18.0 Å². The number of nitrogens with zero attached hydrogens (tertiary/aromatic N) is 2. The standard InChI is InChI=1S/C31H36BrN3O4S/c1-23-11-9-12-25(19-23)21-34(24(2)31(37)33-27-14-5-3-6-15-27)30(36)22-35(28-16-10-13-26(32)20-28)40(38,39)29-17-7-4-8-18-29/h4,7-13,16-20,24,27H,3,5-6,14-15,21-22H2,1-2H3,(H,33,37). The summed E-state index contributed by atoms with van der Waals surface area (Å²) in [6, 6.07) is 22.0. The van der Waals surface area contributed by atoms with Crippen molar-refractivity contribution in [2.24, 2.45) is 0 Å². The van der Waals surface area contributed by atoms with Gasteiger partial charge in [-0.05, 0) is 62.6 Å². The van der Waals surface area contributed by atoms with Gasteiger partial charge in [0.1, 0.15) is 12.6 Å². The molecule has 0 aliphatic heterocycles. The van der Waals surface area contributed by atoms with Gasteiger partial charge in [-0.3, -0.25) is 13.9 Å². The zero-order valence-electron chi connectivity index (χ0n) is 22.9. The van der Waals surface area contributed by atoms with Crippen molar-refractivity contribution in [1.82, 2.24) is 10.2 Å². The lowest BCUT2D eigenvalue weighted by molar-refractivity contribution is -0.139. The summed E-state index contributed by atoms with van der Waals surface area (Å²) < 4.78 is 29.5. The van der Waals surface area contributed by atoms with Gasteiger partial charge in [-0.15, -0.1) is 0 Å². The SMILES string of the molecule is Cc1cccc(CN(C(=O)CN(c2cccc(Br)c2)S(=O)(=O)c2ccccc2)C(C)C(=O)NC2CCCCC2)c1. The fourth-order valence-electron chi connectivity index (χ4n) is 5.04. The zero-order valence-corrected chi connectivity index (χ0v) is 25.3. The molecule has 212 valence electrons. The van der Waals surface area contributed by atoms with Gasteiger partial charge < -0.3 is 10.2 Å². The first-order chi connectivity index (χ1) is 19.1. The van der Waals surface area contributed by atoms with Gasteiger partial charge in [0.25, 0.3) is 10.0 Å². The topological polar surface area (TPSA) is 86.8 Å². The Morgan fingerprint density at radius 3 is 2.33 bits per heavy atom. The molecule has 40 heavy (non-hydrogen) atoms. The van der Waals surface area contributed by atoms with E-state index < -0.39 is 28.5 Å². The molecule has 1 aliphatic carbocycles. The molecule has 0 radical (unpaired) electrons. The van der Waals surface area contributed by atoms with Crippen LogP contribution in [-0.4, -0.2) is 43.8 Å². The highest BCUT2D eigenvalue weighted by molar-refractivity contribution is 9.10. The summed E-state index contributed by atoms with van der Waals surface area (Å²) in [5, 5.41) is 3.13. The van der Waals surface area contributed by atoms with Gasteiger partial charge in [-0.25, -0.2) is 8.42 Å². The third-order valence-corrected chi connectivity index (χ3v) is 9.54. The van der Waals surface area contributed by atoms with Crippen molar-refractivity contribution in [3.05, 3.63) is 94.5 Å². The predicted molar refractivity (Wildman–Crippen MR) is 161 cm³/mol. The average Bonchev–Trinajstić information content (AvgIpc) is 2.95. The molecule has 4 rings (SSSR count). The molecule has 1 unspecified atom stereocenters. The number of aryl methyl sites for hydroxylation is 1. The highest BCUT2D eigenvalue weighted by atomic mass is 79.9. The van der Waals surface area contributed by atoms with Crippen molar-refractivity contribution in [3.63, 3.8) is 0 Å². The van der Waals surface area contributed by atoms with Crippen LogP contribution in [-0.2, 0) is 26.2 Å². The molecule has 1 fully saturated rings. The number of nitrogens with one attached hydrogen (secondary N) is 1. The largest absolute Gasteiger partial charge is 0.352 e. The van der Waals surface area contributed by atoms with Crippen molar-refractivity contribution in [2.45, 2.75) is 69.5 Å². The van der Waals surface area contributed by atoms with Gasteiger partial charge in [-0.1, -0.05) is 89.3 Å². The summed E-state index contributed by atoms with van der Waals surface area (Å²) >= 11 is 3.42. The molecule has 0 aromatic heterocycles. The van der Waals surface area contributed by atoms with Crippen LogP contribution >= 0.6 is 15.9 Å². The van der Waals surface area contributed by atoms with E-state index in [0.717, 1.165) is 41.1 Å². The quantitative estimate of drug-likeness (QED) is 0.308. The first-order valence-electron chi connectivity index (χ1n) is 13.6. The minimum Gasteiger partial charge on any atom is -0.352 e. The maximum atomic E-state index is 14.0. The number of hydrogen-bond donors (Lipinski definition) is 1. The van der Waals surface area contributed by atoms with Gasteiger partial charge >= 0.3 is 0 Å². The second kappa shape index (κ2) is 13.5. The molecule has 1 aliphatic rings. The number of rotatable bonds is 10. The van der Waals surface area contributed by atoms with Gasteiger partial charge in [0.15, 0.2) is 0 Å². The summed E-state index contributed by atoms with van der Waals surface area (Å²) in [7, 11) is -4.08. The fraction of sp³-hybridized carbons (Fsp3) is 0.355. The van der Waals surface area contributed by atoms with E-state index in [1.54, 1.807) is 49.4 Å². The van der Waals surface area contributed by atoms with Gasteiger partial charge in [0.2, 0.25) is 11.8 Å². The molecule has 7 nitrogen and oxygen atoms in total. The highest BCUT2D eigenvalue weighted by Crippen LogP contribution is 2.27. The molecule has 0 saturated heterocycles. The van der Waals surface area contributed by atoms with Crippen molar-refractivity contribution < 1.29 is 18.0 Å². The lowest BCUT2D eigenvalue weighted by Crippen LogP contribution is -2.53. The number of halogens is 1. The Balaban J connectivity index is 1.67. The van der Waals surface area contributed by atoms with Gasteiger partial charge in [0.05, 0.1) is 10.6 Å². The van der Waals surface area contributed by atoms with Crippen LogP contribution in [0.15, 0.2) is 88.2 Å². The van der Waals surface area contributed by atoms with Gasteiger partial charge in [0, 0.05) is 17.1 Å². The molecule has 1 saturated carbocycles. The second-order valence-electron chi connectivity index (χ2n) is 10.3. The third kappa shape index (κ3) is 7.52. The van der Waals surface area contributed by atoms with E-state index in [1.807, 2.05) is 31.2 Å². The van der Waals surface area contributed by atoms with Crippen molar-refractivity contribution in [3.8, 4) is 0 Å². The molecule has 3 aromatic carbocycles. The smallest absolute Gasteiger partial charge is 0.264 e. The maximum Gasteiger partial charge on any atom is 0.264 e. The fourth-order valence-corrected chi connectivity index (χ4v) is 6.85. The normalized spacial score (nSPS) is 14.8. The first kappa shape index (κ1) is 29.8. The van der Waals surface area contributed by atoms with Crippen LogP contribution in [0.2, 0.25) is 0 Å². The molecule has 1 N–H and O–H groups in total. The van der Waals surface area contributed by atoms with Crippen molar-refractivity contribution in [2.75, 3.05) is 10.8 Å². The highest BCUT2D eigenvalue weighted by Gasteiger charge is 2.33.